The van der Waals surface area contributed by atoms with E-state index >= 15 is 0 Å². The van der Waals surface area contributed by atoms with Crippen molar-refractivity contribution in [2.45, 2.75) is 25.5 Å². The van der Waals surface area contributed by atoms with Crippen molar-refractivity contribution in [3.05, 3.63) is 54.7 Å². The van der Waals surface area contributed by atoms with Gasteiger partial charge in [-0.15, -0.1) is 0 Å². The highest BCUT2D eigenvalue weighted by Crippen LogP contribution is 2.36. The summed E-state index contributed by atoms with van der Waals surface area (Å²) < 4.78 is 48.5. The number of carbonyl (C=O) groups is 1. The topological polar surface area (TPSA) is 57.0 Å². The van der Waals surface area contributed by atoms with Gasteiger partial charge in [-0.2, -0.15) is 8.78 Å². The summed E-state index contributed by atoms with van der Waals surface area (Å²) in [5.74, 6) is -0.802. The molecule has 0 radical (unpaired) electrons. The molecule has 1 aliphatic rings. The third kappa shape index (κ3) is 2.99. The average molecular weight is 411 g/mol. The summed E-state index contributed by atoms with van der Waals surface area (Å²) in [5.41, 5.74) is 1.73. The van der Waals surface area contributed by atoms with Crippen molar-refractivity contribution in [3.63, 3.8) is 0 Å². The second-order valence-corrected chi connectivity index (χ2v) is 7.39. The van der Waals surface area contributed by atoms with Crippen LogP contribution < -0.4 is 4.74 Å². The van der Waals surface area contributed by atoms with Crippen LogP contribution in [0, 0.1) is 11.7 Å². The van der Waals surface area contributed by atoms with Crippen LogP contribution in [0.3, 0.4) is 0 Å². The Morgan fingerprint density at radius 3 is 2.63 bits per heavy atom. The van der Waals surface area contributed by atoms with Crippen LogP contribution in [-0.2, 0) is 4.79 Å². The largest absolute Gasteiger partial charge is 0.472 e. The zero-order valence-electron chi connectivity index (χ0n) is 15.6. The van der Waals surface area contributed by atoms with Crippen LogP contribution in [0.5, 0.6) is 5.88 Å². The molecule has 5 rings (SSSR count). The van der Waals surface area contributed by atoms with Crippen LogP contribution in [0.25, 0.3) is 32.9 Å². The monoisotopic (exact) mass is 411 g/mol. The fourth-order valence-electron chi connectivity index (χ4n) is 3.92. The van der Waals surface area contributed by atoms with Gasteiger partial charge in [-0.05, 0) is 36.6 Å². The molecule has 1 fully saturated rings. The number of hydrogen-bond donors (Lipinski definition) is 0. The molecule has 30 heavy (non-hydrogen) atoms. The zero-order valence-corrected chi connectivity index (χ0v) is 15.6. The molecule has 0 aliphatic heterocycles. The number of ether oxygens (including phenoxy) is 1. The number of halogens is 3. The number of fused-ring (bicyclic) bond motifs is 3. The highest BCUT2D eigenvalue weighted by Gasteiger charge is 2.31. The van der Waals surface area contributed by atoms with Gasteiger partial charge in [-0.3, -0.25) is 9.55 Å². The summed E-state index contributed by atoms with van der Waals surface area (Å²) in [6.45, 7) is -2.73. The highest BCUT2D eigenvalue weighted by molar-refractivity contribution is 6.08. The fraction of sp³-hybridized carbons (Fsp3) is 0.227. The maximum atomic E-state index is 14.5. The predicted octanol–water partition coefficient (Wildman–Crippen LogP) is 5.14. The van der Waals surface area contributed by atoms with Crippen LogP contribution in [0.2, 0.25) is 0 Å². The minimum atomic E-state index is -2.73. The molecule has 0 unspecified atom stereocenters. The van der Waals surface area contributed by atoms with E-state index < -0.39 is 12.4 Å². The van der Waals surface area contributed by atoms with E-state index in [1.54, 1.807) is 30.5 Å². The van der Waals surface area contributed by atoms with Gasteiger partial charge in [0.2, 0.25) is 0 Å². The van der Waals surface area contributed by atoms with Gasteiger partial charge in [0, 0.05) is 40.8 Å². The zero-order chi connectivity index (χ0) is 20.8. The van der Waals surface area contributed by atoms with Crippen molar-refractivity contribution < 1.29 is 22.7 Å². The molecule has 3 aromatic heterocycles. The Kier molecular flexibility index (Phi) is 4.42. The minimum Gasteiger partial charge on any atom is -0.472 e. The van der Waals surface area contributed by atoms with E-state index in [-0.39, 0.29) is 17.9 Å². The lowest BCUT2D eigenvalue weighted by molar-refractivity contribution is -0.116. The molecule has 0 N–H and O–H groups in total. The van der Waals surface area contributed by atoms with Gasteiger partial charge in [-0.25, -0.2) is 9.37 Å². The molecule has 4 aromatic rings. The lowest BCUT2D eigenvalue weighted by atomic mass is 9.83. The molecule has 8 heteroatoms. The summed E-state index contributed by atoms with van der Waals surface area (Å²) in [7, 11) is 0. The van der Waals surface area contributed by atoms with E-state index in [2.05, 4.69) is 9.97 Å². The van der Waals surface area contributed by atoms with Crippen LogP contribution in [0.15, 0.2) is 48.9 Å². The van der Waals surface area contributed by atoms with Crippen molar-refractivity contribution in [1.29, 1.82) is 0 Å². The molecule has 3 heterocycles. The fourth-order valence-corrected chi connectivity index (χ4v) is 3.92. The molecular weight excluding hydrogens is 395 g/mol. The quantitative estimate of drug-likeness (QED) is 0.427. The Morgan fingerprint density at radius 2 is 1.90 bits per heavy atom. The summed E-state index contributed by atoms with van der Waals surface area (Å²) in [5, 5.41) is 1.27. The number of nitrogens with zero attached hydrogens (tertiary/aromatic N) is 3. The number of rotatable bonds is 5. The number of alkyl halides is 2. The van der Waals surface area contributed by atoms with Crippen LogP contribution >= 0.6 is 0 Å². The number of aromatic nitrogens is 3. The van der Waals surface area contributed by atoms with E-state index in [1.807, 2.05) is 0 Å². The first kappa shape index (κ1) is 18.6. The number of carbonyl (C=O) groups excluding carboxylic acids is 1. The Balaban J connectivity index is 1.52. The van der Waals surface area contributed by atoms with Gasteiger partial charge in [-0.1, -0.05) is 12.1 Å². The third-order valence-electron chi connectivity index (χ3n) is 5.54. The summed E-state index contributed by atoms with van der Waals surface area (Å²) >= 11 is 0. The van der Waals surface area contributed by atoms with Gasteiger partial charge < -0.3 is 9.53 Å². The Bertz CT molecular complexity index is 1270. The van der Waals surface area contributed by atoms with Gasteiger partial charge >= 0.3 is 6.55 Å². The van der Waals surface area contributed by atoms with E-state index in [9.17, 15) is 18.0 Å². The lowest BCUT2D eigenvalue weighted by Gasteiger charge is -2.31. The maximum absolute atomic E-state index is 14.5. The molecule has 1 aliphatic carbocycles. The normalized spacial score (nSPS) is 18.7. The van der Waals surface area contributed by atoms with Crippen LogP contribution in [-0.4, -0.2) is 26.9 Å². The molecule has 5 nitrogen and oxygen atoms in total. The Labute approximate surface area is 169 Å². The minimum absolute atomic E-state index is 0.0409. The first-order chi connectivity index (χ1) is 14.5. The molecule has 0 saturated heterocycles. The first-order valence-corrected chi connectivity index (χ1v) is 9.49. The smallest absolute Gasteiger partial charge is 0.319 e. The Morgan fingerprint density at radius 1 is 1.07 bits per heavy atom. The van der Waals surface area contributed by atoms with Crippen LogP contribution in [0.1, 0.15) is 19.4 Å². The van der Waals surface area contributed by atoms with Crippen molar-refractivity contribution in [2.75, 3.05) is 0 Å². The molecule has 0 spiro atoms. The molecular formula is C22H16F3N3O2. The lowest BCUT2D eigenvalue weighted by Crippen LogP contribution is -2.34. The number of aldehydes is 1. The first-order valence-electron chi connectivity index (χ1n) is 9.49. The molecule has 1 aromatic carbocycles. The van der Waals surface area contributed by atoms with Gasteiger partial charge in [0.15, 0.2) is 5.82 Å². The highest BCUT2D eigenvalue weighted by atomic mass is 19.3. The summed E-state index contributed by atoms with van der Waals surface area (Å²) in [4.78, 5) is 18.8. The second kappa shape index (κ2) is 7.12. The number of hydrogen-bond acceptors (Lipinski definition) is 4. The van der Waals surface area contributed by atoms with Crippen molar-refractivity contribution >= 4 is 28.1 Å². The summed E-state index contributed by atoms with van der Waals surface area (Å²) in [6.07, 6.45) is 6.23. The van der Waals surface area contributed by atoms with E-state index in [0.717, 1.165) is 10.9 Å². The van der Waals surface area contributed by atoms with Gasteiger partial charge in [0.05, 0.1) is 11.0 Å². The maximum Gasteiger partial charge on any atom is 0.319 e. The van der Waals surface area contributed by atoms with Crippen molar-refractivity contribution in [3.8, 4) is 17.0 Å². The number of pyridine rings is 2. The van der Waals surface area contributed by atoms with Crippen LogP contribution in [0.4, 0.5) is 13.2 Å². The molecule has 1 saturated carbocycles. The van der Waals surface area contributed by atoms with E-state index in [1.165, 1.54) is 18.5 Å². The van der Waals surface area contributed by atoms with Crippen molar-refractivity contribution in [2.24, 2.45) is 5.92 Å². The second-order valence-electron chi connectivity index (χ2n) is 7.39. The van der Waals surface area contributed by atoms with Crippen molar-refractivity contribution in [1.82, 2.24) is 14.5 Å². The third-order valence-corrected chi connectivity index (χ3v) is 5.54. The summed E-state index contributed by atoms with van der Waals surface area (Å²) in [6, 6.07) is 7.88. The van der Waals surface area contributed by atoms with E-state index in [4.69, 9.17) is 4.74 Å². The molecule has 0 amide bonds. The van der Waals surface area contributed by atoms with E-state index in [0.29, 0.717) is 45.8 Å². The Hall–Kier alpha value is -3.42. The SMILES string of the molecule is O=C[C@H]1C[C@H](Oc2ncc(-c3ccc4c5cnccc5n(C(F)F)c4c3)cc2F)C1. The molecule has 0 bridgehead atoms. The molecule has 0 atom stereocenters. The predicted molar refractivity (Wildman–Crippen MR) is 105 cm³/mol. The number of benzene rings is 1. The van der Waals surface area contributed by atoms with Gasteiger partial charge in [0.25, 0.3) is 5.88 Å². The standard InChI is InChI=1S/C22H16F3N3O2/c23-18-7-14(9-27-21(18)30-15-5-12(6-15)11-29)13-1-2-16-17-10-26-4-3-19(17)28(22(24)25)20(16)8-13/h1-4,7-12,15,22H,5-6H2/t12-,15-. The molecule has 152 valence electrons. The van der Waals surface area contributed by atoms with Gasteiger partial charge in [0.1, 0.15) is 12.4 Å². The average Bonchev–Trinajstić information content (AvgIpc) is 3.05.